The number of carbonyl (C=O) groups excluding carboxylic acids is 2. The zero-order chi connectivity index (χ0) is 18.5. The lowest BCUT2D eigenvalue weighted by molar-refractivity contribution is 0.0519. The third-order valence-corrected chi connectivity index (χ3v) is 4.25. The van der Waals surface area contributed by atoms with Crippen LogP contribution < -0.4 is 10.9 Å². The summed E-state index contributed by atoms with van der Waals surface area (Å²) in [6.07, 6.45) is 3.09. The van der Waals surface area contributed by atoms with Crippen LogP contribution in [0, 0.1) is 0 Å². The number of hydrogen-bond donors (Lipinski definition) is 3. The summed E-state index contributed by atoms with van der Waals surface area (Å²) in [6.45, 7) is 2.29. The minimum atomic E-state index is -0.433. The molecular weight excluding hydrogens is 400 g/mol. The van der Waals surface area contributed by atoms with Gasteiger partial charge in [-0.3, -0.25) is 15.2 Å². The van der Waals surface area contributed by atoms with Gasteiger partial charge >= 0.3 is 5.97 Å². The number of hydrazine groups is 1. The molecule has 1 amide bonds. The van der Waals surface area contributed by atoms with Gasteiger partial charge in [0.15, 0.2) is 0 Å². The maximum atomic E-state index is 12.3. The fraction of sp³-hybridized carbons (Fsp3) is 0.167. The van der Waals surface area contributed by atoms with E-state index in [1.165, 1.54) is 0 Å². The number of aromatic amines is 1. The smallest absolute Gasteiger partial charge is 0.355 e. The summed E-state index contributed by atoms with van der Waals surface area (Å²) in [7, 11) is 0. The van der Waals surface area contributed by atoms with E-state index in [0.717, 1.165) is 20.9 Å². The summed E-state index contributed by atoms with van der Waals surface area (Å²) in [5.41, 5.74) is 7.88. The van der Waals surface area contributed by atoms with Crippen molar-refractivity contribution >= 4 is 38.7 Å². The number of hydrogen-bond acceptors (Lipinski definition) is 5. The van der Waals surface area contributed by atoms with E-state index in [2.05, 4.69) is 36.7 Å². The summed E-state index contributed by atoms with van der Waals surface area (Å²) in [6, 6.07) is 8.90. The summed E-state index contributed by atoms with van der Waals surface area (Å²) in [4.78, 5) is 31.3. The van der Waals surface area contributed by atoms with Crippen LogP contribution in [0.15, 0.2) is 47.2 Å². The molecule has 7 nitrogen and oxygen atoms in total. The van der Waals surface area contributed by atoms with Crippen LogP contribution in [0.1, 0.15) is 33.3 Å². The molecule has 0 saturated heterocycles. The average molecular weight is 417 g/mol. The number of ether oxygens (including phenoxy) is 1. The topological polar surface area (TPSA) is 96.1 Å². The molecule has 0 fully saturated rings. The predicted molar refractivity (Wildman–Crippen MR) is 100 cm³/mol. The van der Waals surface area contributed by atoms with Crippen molar-refractivity contribution in [2.24, 2.45) is 0 Å². The number of fused-ring (bicyclic) bond motifs is 1. The highest BCUT2D eigenvalue weighted by molar-refractivity contribution is 9.10. The van der Waals surface area contributed by atoms with Crippen molar-refractivity contribution in [3.63, 3.8) is 0 Å². The molecule has 0 aliphatic rings. The first kappa shape index (κ1) is 18.1. The Morgan fingerprint density at radius 1 is 1.23 bits per heavy atom. The van der Waals surface area contributed by atoms with E-state index in [9.17, 15) is 9.59 Å². The number of rotatable bonds is 6. The number of esters is 1. The van der Waals surface area contributed by atoms with Crippen molar-refractivity contribution in [1.29, 1.82) is 0 Å². The minimum absolute atomic E-state index is 0.251. The average Bonchev–Trinajstić information content (AvgIpc) is 3.00. The molecule has 3 aromatic rings. The summed E-state index contributed by atoms with van der Waals surface area (Å²) >= 11 is 3.44. The van der Waals surface area contributed by atoms with E-state index in [0.29, 0.717) is 11.3 Å². The Morgan fingerprint density at radius 3 is 2.73 bits per heavy atom. The SMILES string of the molecule is CCOC(=O)c1[nH]c2ccc(Br)cc2c1CNNC(=O)c1ccncc1. The first-order valence-corrected chi connectivity index (χ1v) is 8.80. The Labute approximate surface area is 158 Å². The van der Waals surface area contributed by atoms with Gasteiger partial charge in [0.25, 0.3) is 5.91 Å². The maximum Gasteiger partial charge on any atom is 0.355 e. The second kappa shape index (κ2) is 8.11. The van der Waals surface area contributed by atoms with Crippen LogP contribution in [0.25, 0.3) is 10.9 Å². The molecule has 0 radical (unpaired) electrons. The third kappa shape index (κ3) is 3.92. The number of benzene rings is 1. The van der Waals surface area contributed by atoms with E-state index in [1.54, 1.807) is 31.5 Å². The highest BCUT2D eigenvalue weighted by atomic mass is 79.9. The van der Waals surface area contributed by atoms with Gasteiger partial charge in [-0.2, -0.15) is 0 Å². The lowest BCUT2D eigenvalue weighted by Gasteiger charge is -2.08. The van der Waals surface area contributed by atoms with E-state index in [4.69, 9.17) is 4.74 Å². The molecule has 2 heterocycles. The van der Waals surface area contributed by atoms with Gasteiger partial charge < -0.3 is 9.72 Å². The van der Waals surface area contributed by atoms with Gasteiger partial charge in [-0.05, 0) is 37.3 Å². The standard InChI is InChI=1S/C18H17BrN4O3/c1-2-26-18(25)16-14(13-9-12(19)3-4-15(13)22-16)10-21-23-17(24)11-5-7-20-8-6-11/h3-9,21-22H,2,10H2,1H3,(H,23,24). The maximum absolute atomic E-state index is 12.3. The molecule has 1 aromatic carbocycles. The molecule has 0 bridgehead atoms. The van der Waals surface area contributed by atoms with E-state index in [-0.39, 0.29) is 19.1 Å². The number of carbonyl (C=O) groups is 2. The van der Waals surface area contributed by atoms with E-state index >= 15 is 0 Å². The molecule has 0 aliphatic heterocycles. The molecule has 3 rings (SSSR count). The fourth-order valence-corrected chi connectivity index (χ4v) is 2.93. The zero-order valence-corrected chi connectivity index (χ0v) is 15.6. The quantitative estimate of drug-likeness (QED) is 0.424. The van der Waals surface area contributed by atoms with Crippen LogP contribution >= 0.6 is 15.9 Å². The van der Waals surface area contributed by atoms with Gasteiger partial charge in [-0.1, -0.05) is 15.9 Å². The molecule has 0 atom stereocenters. The van der Waals surface area contributed by atoms with Crippen LogP contribution in [0.2, 0.25) is 0 Å². The summed E-state index contributed by atoms with van der Waals surface area (Å²) in [5, 5.41) is 0.869. The van der Waals surface area contributed by atoms with Crippen molar-refractivity contribution in [2.75, 3.05) is 6.61 Å². The first-order chi connectivity index (χ1) is 12.6. The molecular formula is C18H17BrN4O3. The predicted octanol–water partition coefficient (Wildman–Crippen LogP) is 2.94. The van der Waals surface area contributed by atoms with Crippen molar-refractivity contribution in [3.05, 3.63) is 64.0 Å². The number of aromatic nitrogens is 2. The van der Waals surface area contributed by atoms with Gasteiger partial charge in [-0.15, -0.1) is 0 Å². The number of amides is 1. The monoisotopic (exact) mass is 416 g/mol. The van der Waals surface area contributed by atoms with Gasteiger partial charge in [0.1, 0.15) is 5.69 Å². The van der Waals surface area contributed by atoms with Gasteiger partial charge in [0.05, 0.1) is 6.61 Å². The lowest BCUT2D eigenvalue weighted by atomic mass is 10.1. The Morgan fingerprint density at radius 2 is 2.00 bits per heavy atom. The zero-order valence-electron chi connectivity index (χ0n) is 14.0. The third-order valence-electron chi connectivity index (χ3n) is 3.76. The summed E-state index contributed by atoms with van der Waals surface area (Å²) < 4.78 is 6.01. The van der Waals surface area contributed by atoms with Crippen LogP contribution in [-0.4, -0.2) is 28.5 Å². The Hall–Kier alpha value is -2.71. The molecule has 0 unspecified atom stereocenters. The van der Waals surface area contributed by atoms with Gasteiger partial charge in [0, 0.05) is 45.4 Å². The number of nitrogens with one attached hydrogen (secondary N) is 3. The molecule has 0 saturated carbocycles. The highest BCUT2D eigenvalue weighted by Gasteiger charge is 2.19. The van der Waals surface area contributed by atoms with Crippen molar-refractivity contribution in [3.8, 4) is 0 Å². The normalized spacial score (nSPS) is 10.7. The van der Waals surface area contributed by atoms with Crippen LogP contribution in [0.4, 0.5) is 0 Å². The minimum Gasteiger partial charge on any atom is -0.461 e. The lowest BCUT2D eigenvalue weighted by Crippen LogP contribution is -2.37. The first-order valence-electron chi connectivity index (χ1n) is 8.00. The molecule has 3 N–H and O–H groups in total. The molecule has 8 heteroatoms. The highest BCUT2D eigenvalue weighted by Crippen LogP contribution is 2.26. The largest absolute Gasteiger partial charge is 0.461 e. The van der Waals surface area contributed by atoms with Crippen molar-refractivity contribution in [1.82, 2.24) is 20.8 Å². The fourth-order valence-electron chi connectivity index (χ4n) is 2.57. The number of pyridine rings is 1. The number of halogens is 1. The molecule has 0 spiro atoms. The number of H-pyrrole nitrogens is 1. The van der Waals surface area contributed by atoms with Crippen molar-refractivity contribution in [2.45, 2.75) is 13.5 Å². The van der Waals surface area contributed by atoms with Gasteiger partial charge in [-0.25, -0.2) is 10.2 Å². The van der Waals surface area contributed by atoms with Crippen LogP contribution in [0.3, 0.4) is 0 Å². The Balaban J connectivity index is 1.81. The summed E-state index contributed by atoms with van der Waals surface area (Å²) in [5.74, 6) is -0.719. The van der Waals surface area contributed by atoms with E-state index < -0.39 is 5.97 Å². The van der Waals surface area contributed by atoms with Crippen LogP contribution in [-0.2, 0) is 11.3 Å². The molecule has 2 aromatic heterocycles. The molecule has 134 valence electrons. The molecule has 26 heavy (non-hydrogen) atoms. The van der Waals surface area contributed by atoms with Crippen LogP contribution in [0.5, 0.6) is 0 Å². The van der Waals surface area contributed by atoms with Crippen molar-refractivity contribution < 1.29 is 14.3 Å². The Bertz CT molecular complexity index is 940. The Kier molecular flexibility index (Phi) is 5.65. The van der Waals surface area contributed by atoms with E-state index in [1.807, 2.05) is 18.2 Å². The number of nitrogens with zero attached hydrogens (tertiary/aromatic N) is 1. The second-order valence-electron chi connectivity index (χ2n) is 5.43. The molecule has 0 aliphatic carbocycles. The second-order valence-corrected chi connectivity index (χ2v) is 6.35. The van der Waals surface area contributed by atoms with Gasteiger partial charge in [0.2, 0.25) is 0 Å².